The summed E-state index contributed by atoms with van der Waals surface area (Å²) < 4.78 is 4.69. The molecular weight excluding hydrogens is 444 g/mol. The topological polar surface area (TPSA) is 9.34 Å². The van der Waals surface area contributed by atoms with E-state index in [1.54, 1.807) is 0 Å². The van der Waals surface area contributed by atoms with Gasteiger partial charge in [0.25, 0.3) is 0 Å². The maximum absolute atomic E-state index is 2.40. The molecule has 0 saturated heterocycles. The highest BCUT2D eigenvalue weighted by atomic mass is 32.2. The Morgan fingerprint density at radius 1 is 0.629 bits per heavy atom. The standard InChI is InChI=1S/C32H44N2S/c1-29(2,3)26-16-22-15-23(18-34(22)20-27(26)30(4,5)6)33-17-21-13-14-25(32(10,11)35-12)28(24(21)19-33)31(7,8)9/h13-20H,1-12H3. The van der Waals surface area contributed by atoms with Crippen molar-refractivity contribution < 1.29 is 0 Å². The van der Waals surface area contributed by atoms with Crippen molar-refractivity contribution in [2.24, 2.45) is 0 Å². The molecule has 188 valence electrons. The molecule has 1 aromatic carbocycles. The SMILES string of the molecule is CSC(C)(C)c1ccc2cn(-c3cc4cc(C(C)(C)C)c(C(C)(C)C)cn4c3)cc2c1C(C)(C)C. The highest BCUT2D eigenvalue weighted by molar-refractivity contribution is 7.99. The normalized spacial score (nSPS) is 13.8. The number of hydrogen-bond acceptors (Lipinski definition) is 1. The fourth-order valence-electron chi connectivity index (χ4n) is 5.28. The smallest absolute Gasteiger partial charge is 0.0637 e. The Labute approximate surface area is 217 Å². The van der Waals surface area contributed by atoms with Crippen LogP contribution in [0.1, 0.15) is 98.4 Å². The lowest BCUT2D eigenvalue weighted by Gasteiger charge is -2.32. The highest BCUT2D eigenvalue weighted by Gasteiger charge is 2.30. The molecule has 3 heteroatoms. The minimum atomic E-state index is 0.0583. The molecule has 0 bridgehead atoms. The van der Waals surface area contributed by atoms with Gasteiger partial charge in [-0.2, -0.15) is 11.8 Å². The van der Waals surface area contributed by atoms with E-state index in [9.17, 15) is 0 Å². The summed E-state index contributed by atoms with van der Waals surface area (Å²) in [4.78, 5) is 0. The fraction of sp³-hybridized carbons (Fsp3) is 0.500. The van der Waals surface area contributed by atoms with Gasteiger partial charge in [0.05, 0.1) is 5.69 Å². The average molecular weight is 489 g/mol. The zero-order valence-electron chi connectivity index (χ0n) is 23.9. The Morgan fingerprint density at radius 2 is 1.26 bits per heavy atom. The quantitative estimate of drug-likeness (QED) is 0.279. The molecule has 0 radical (unpaired) electrons. The molecule has 0 aliphatic heterocycles. The average Bonchev–Trinajstić information content (AvgIpc) is 3.33. The van der Waals surface area contributed by atoms with E-state index < -0.39 is 0 Å². The van der Waals surface area contributed by atoms with Crippen LogP contribution in [0.5, 0.6) is 0 Å². The number of aromatic nitrogens is 2. The first-order valence-corrected chi connectivity index (χ1v) is 14.0. The number of rotatable bonds is 3. The molecule has 2 nitrogen and oxygen atoms in total. The summed E-state index contributed by atoms with van der Waals surface area (Å²) in [6, 6.07) is 9.38. The maximum Gasteiger partial charge on any atom is 0.0637 e. The molecule has 0 atom stereocenters. The zero-order valence-corrected chi connectivity index (χ0v) is 24.7. The molecule has 0 aliphatic rings. The van der Waals surface area contributed by atoms with Crippen LogP contribution in [-0.4, -0.2) is 15.2 Å². The van der Waals surface area contributed by atoms with Gasteiger partial charge in [0.15, 0.2) is 0 Å². The number of fused-ring (bicyclic) bond motifs is 2. The predicted octanol–water partition coefficient (Wildman–Crippen LogP) is 9.37. The Hall–Kier alpha value is -2.13. The number of nitrogens with zero attached hydrogens (tertiary/aromatic N) is 2. The van der Waals surface area contributed by atoms with Gasteiger partial charge in [0.2, 0.25) is 0 Å². The maximum atomic E-state index is 2.40. The summed E-state index contributed by atoms with van der Waals surface area (Å²) in [6.07, 6.45) is 11.5. The molecule has 4 rings (SSSR count). The van der Waals surface area contributed by atoms with Crippen molar-refractivity contribution in [1.29, 1.82) is 0 Å². The van der Waals surface area contributed by atoms with Gasteiger partial charge >= 0.3 is 0 Å². The van der Waals surface area contributed by atoms with Gasteiger partial charge in [-0.3, -0.25) is 0 Å². The van der Waals surface area contributed by atoms with Crippen molar-refractivity contribution in [2.75, 3.05) is 6.26 Å². The Balaban J connectivity index is 1.94. The van der Waals surface area contributed by atoms with E-state index in [0.29, 0.717) is 0 Å². The van der Waals surface area contributed by atoms with E-state index in [1.165, 1.54) is 44.2 Å². The molecule has 3 aromatic heterocycles. The van der Waals surface area contributed by atoms with Crippen LogP contribution >= 0.6 is 11.8 Å². The number of pyridine rings is 1. The second-order valence-corrected chi connectivity index (χ2v) is 15.2. The third-order valence-corrected chi connectivity index (χ3v) is 8.61. The first-order chi connectivity index (χ1) is 15.9. The summed E-state index contributed by atoms with van der Waals surface area (Å²) in [5, 5.41) is 2.66. The Kier molecular flexibility index (Phi) is 6.08. The van der Waals surface area contributed by atoms with Gasteiger partial charge in [0, 0.05) is 45.8 Å². The summed E-state index contributed by atoms with van der Waals surface area (Å²) in [6.45, 7) is 25.6. The lowest BCUT2D eigenvalue weighted by Crippen LogP contribution is -2.22. The molecule has 0 unspecified atom stereocenters. The minimum Gasteiger partial charge on any atom is -0.321 e. The predicted molar refractivity (Wildman–Crippen MR) is 157 cm³/mol. The summed E-state index contributed by atoms with van der Waals surface area (Å²) in [5.41, 5.74) is 8.44. The van der Waals surface area contributed by atoms with E-state index in [4.69, 9.17) is 0 Å². The van der Waals surface area contributed by atoms with Crippen molar-refractivity contribution in [1.82, 2.24) is 8.97 Å². The van der Waals surface area contributed by atoms with Crippen molar-refractivity contribution >= 4 is 28.1 Å². The fourth-order valence-corrected chi connectivity index (χ4v) is 5.67. The van der Waals surface area contributed by atoms with E-state index in [1.807, 2.05) is 11.8 Å². The van der Waals surface area contributed by atoms with E-state index in [2.05, 4.69) is 140 Å². The van der Waals surface area contributed by atoms with Crippen LogP contribution in [0.4, 0.5) is 0 Å². The third kappa shape index (κ3) is 4.69. The van der Waals surface area contributed by atoms with Crippen LogP contribution in [0.2, 0.25) is 0 Å². The van der Waals surface area contributed by atoms with Crippen LogP contribution in [0.25, 0.3) is 22.0 Å². The lowest BCUT2D eigenvalue weighted by atomic mass is 9.76. The summed E-state index contributed by atoms with van der Waals surface area (Å²) in [7, 11) is 0. The van der Waals surface area contributed by atoms with Gasteiger partial charge in [-0.15, -0.1) is 0 Å². The van der Waals surface area contributed by atoms with Gasteiger partial charge in [-0.25, -0.2) is 0 Å². The van der Waals surface area contributed by atoms with Crippen LogP contribution in [0.3, 0.4) is 0 Å². The van der Waals surface area contributed by atoms with Crippen LogP contribution < -0.4 is 0 Å². The Morgan fingerprint density at radius 3 is 1.80 bits per heavy atom. The van der Waals surface area contributed by atoms with Crippen LogP contribution in [0, 0.1) is 0 Å². The second-order valence-electron chi connectivity index (χ2n) is 13.8. The third-order valence-electron chi connectivity index (χ3n) is 7.36. The molecule has 0 amide bonds. The van der Waals surface area contributed by atoms with Crippen molar-refractivity contribution in [3.8, 4) is 5.69 Å². The molecule has 0 fully saturated rings. The molecule has 0 spiro atoms. The zero-order chi connectivity index (χ0) is 26.1. The molecule has 0 saturated carbocycles. The highest BCUT2D eigenvalue weighted by Crippen LogP contribution is 2.43. The molecule has 4 aromatic rings. The lowest BCUT2D eigenvalue weighted by molar-refractivity contribution is 0.527. The van der Waals surface area contributed by atoms with Gasteiger partial charge in [0.1, 0.15) is 0 Å². The van der Waals surface area contributed by atoms with E-state index in [0.717, 1.165) is 0 Å². The number of thioether (sulfide) groups is 1. The van der Waals surface area contributed by atoms with Gasteiger partial charge < -0.3 is 8.97 Å². The van der Waals surface area contributed by atoms with Gasteiger partial charge in [-0.05, 0) is 70.7 Å². The summed E-state index contributed by atoms with van der Waals surface area (Å²) >= 11 is 1.92. The largest absolute Gasteiger partial charge is 0.321 e. The second kappa shape index (κ2) is 8.20. The molecule has 0 aliphatic carbocycles. The van der Waals surface area contributed by atoms with Gasteiger partial charge in [-0.1, -0.05) is 74.4 Å². The van der Waals surface area contributed by atoms with Crippen molar-refractivity contribution in [3.63, 3.8) is 0 Å². The first kappa shape index (κ1) is 25.9. The molecule has 35 heavy (non-hydrogen) atoms. The first-order valence-electron chi connectivity index (χ1n) is 12.8. The number of benzene rings is 1. The monoisotopic (exact) mass is 488 g/mol. The molecule has 3 heterocycles. The molecule has 0 N–H and O–H groups in total. The van der Waals surface area contributed by atoms with Crippen LogP contribution in [-0.2, 0) is 21.0 Å². The molecular formula is C32H44N2S. The minimum absolute atomic E-state index is 0.0583. The van der Waals surface area contributed by atoms with Crippen molar-refractivity contribution in [3.05, 3.63) is 71.3 Å². The number of hydrogen-bond donors (Lipinski definition) is 0. The van der Waals surface area contributed by atoms with E-state index >= 15 is 0 Å². The Bertz CT molecular complexity index is 1340. The van der Waals surface area contributed by atoms with Crippen LogP contribution in [0.15, 0.2) is 49.1 Å². The van der Waals surface area contributed by atoms with E-state index in [-0.39, 0.29) is 21.0 Å². The van der Waals surface area contributed by atoms with Crippen molar-refractivity contribution in [2.45, 2.75) is 97.2 Å². The summed E-state index contributed by atoms with van der Waals surface area (Å²) in [5.74, 6) is 0.